The van der Waals surface area contributed by atoms with Gasteiger partial charge >= 0.3 is 0 Å². The summed E-state index contributed by atoms with van der Waals surface area (Å²) in [4.78, 5) is 4.55. The molecule has 2 rings (SSSR count). The second-order valence-electron chi connectivity index (χ2n) is 3.99. The molecule has 3 nitrogen and oxygen atoms in total. The van der Waals surface area contributed by atoms with Gasteiger partial charge in [0.2, 0.25) is 0 Å². The average Bonchev–Trinajstić information content (AvgIpc) is 2.78. The standard InChI is InChI=1S/C13H16N2OS/c1-10(16)7-14-8-12-9-17-13(15-12)11-5-3-2-4-6-11/h2-6,9-10,14,16H,7-8H2,1H3/t10-/m0/s1. The third kappa shape index (κ3) is 3.63. The van der Waals surface area contributed by atoms with Gasteiger partial charge in [-0.05, 0) is 6.92 Å². The van der Waals surface area contributed by atoms with Crippen LogP contribution in [-0.2, 0) is 6.54 Å². The number of aliphatic hydroxyl groups excluding tert-OH is 1. The zero-order valence-electron chi connectivity index (χ0n) is 9.76. The van der Waals surface area contributed by atoms with Crippen molar-refractivity contribution in [2.45, 2.75) is 19.6 Å². The monoisotopic (exact) mass is 248 g/mol. The van der Waals surface area contributed by atoms with Crippen LogP contribution in [0, 0.1) is 0 Å². The molecule has 1 aromatic carbocycles. The minimum atomic E-state index is -0.317. The molecule has 1 atom stereocenters. The van der Waals surface area contributed by atoms with Gasteiger partial charge in [-0.15, -0.1) is 11.3 Å². The number of hydrogen-bond donors (Lipinski definition) is 2. The molecule has 0 amide bonds. The highest BCUT2D eigenvalue weighted by Crippen LogP contribution is 2.22. The lowest BCUT2D eigenvalue weighted by atomic mass is 10.2. The van der Waals surface area contributed by atoms with Gasteiger partial charge in [0.25, 0.3) is 0 Å². The van der Waals surface area contributed by atoms with Crippen LogP contribution >= 0.6 is 11.3 Å². The van der Waals surface area contributed by atoms with Crippen molar-refractivity contribution in [3.8, 4) is 10.6 Å². The highest BCUT2D eigenvalue weighted by atomic mass is 32.1. The number of rotatable bonds is 5. The van der Waals surface area contributed by atoms with Crippen molar-refractivity contribution in [2.75, 3.05) is 6.54 Å². The molecule has 0 bridgehead atoms. The third-order valence-electron chi connectivity index (χ3n) is 2.32. The molecule has 0 radical (unpaired) electrons. The first-order chi connectivity index (χ1) is 8.25. The number of aliphatic hydroxyl groups is 1. The van der Waals surface area contributed by atoms with Crippen LogP contribution in [0.1, 0.15) is 12.6 Å². The maximum absolute atomic E-state index is 9.13. The quantitative estimate of drug-likeness (QED) is 0.853. The molecule has 0 spiro atoms. The lowest BCUT2D eigenvalue weighted by molar-refractivity contribution is 0.191. The molecule has 0 aliphatic heterocycles. The number of nitrogens with one attached hydrogen (secondary N) is 1. The number of aromatic nitrogens is 1. The van der Waals surface area contributed by atoms with E-state index in [1.807, 2.05) is 18.2 Å². The largest absolute Gasteiger partial charge is 0.392 e. The molecule has 0 aliphatic rings. The number of nitrogens with zero attached hydrogens (tertiary/aromatic N) is 1. The zero-order valence-corrected chi connectivity index (χ0v) is 10.6. The smallest absolute Gasteiger partial charge is 0.123 e. The SMILES string of the molecule is C[C@H](O)CNCc1csc(-c2ccccc2)n1. The lowest BCUT2D eigenvalue weighted by Gasteiger charge is -2.04. The normalized spacial score (nSPS) is 12.6. The fourth-order valence-corrected chi connectivity index (χ4v) is 2.34. The van der Waals surface area contributed by atoms with E-state index in [4.69, 9.17) is 5.11 Å². The molecule has 1 heterocycles. The first kappa shape index (κ1) is 12.2. The molecule has 17 heavy (non-hydrogen) atoms. The van der Waals surface area contributed by atoms with Crippen LogP contribution in [0.4, 0.5) is 0 Å². The molecule has 0 aliphatic carbocycles. The first-order valence-electron chi connectivity index (χ1n) is 5.64. The molecule has 0 saturated carbocycles. The maximum atomic E-state index is 9.13. The fraction of sp³-hybridized carbons (Fsp3) is 0.308. The molecular weight excluding hydrogens is 232 g/mol. The highest BCUT2D eigenvalue weighted by Gasteiger charge is 2.04. The zero-order chi connectivity index (χ0) is 12.1. The molecule has 0 unspecified atom stereocenters. The Hall–Kier alpha value is -1.23. The number of hydrogen-bond acceptors (Lipinski definition) is 4. The molecule has 0 saturated heterocycles. The Kier molecular flexibility index (Phi) is 4.25. The van der Waals surface area contributed by atoms with E-state index in [-0.39, 0.29) is 6.10 Å². The van der Waals surface area contributed by atoms with E-state index in [0.29, 0.717) is 13.1 Å². The highest BCUT2D eigenvalue weighted by molar-refractivity contribution is 7.13. The van der Waals surface area contributed by atoms with E-state index in [1.54, 1.807) is 18.3 Å². The van der Waals surface area contributed by atoms with Crippen molar-refractivity contribution in [3.05, 3.63) is 41.4 Å². The summed E-state index contributed by atoms with van der Waals surface area (Å²) in [6.45, 7) is 3.07. The van der Waals surface area contributed by atoms with E-state index in [2.05, 4.69) is 27.8 Å². The van der Waals surface area contributed by atoms with Crippen LogP contribution in [0.3, 0.4) is 0 Å². The van der Waals surface area contributed by atoms with Gasteiger partial charge < -0.3 is 10.4 Å². The Morgan fingerprint density at radius 2 is 2.12 bits per heavy atom. The summed E-state index contributed by atoms with van der Waals surface area (Å²) in [5, 5.41) is 15.4. The molecule has 2 N–H and O–H groups in total. The van der Waals surface area contributed by atoms with Crippen molar-refractivity contribution >= 4 is 11.3 Å². The Labute approximate surface area is 105 Å². The first-order valence-corrected chi connectivity index (χ1v) is 6.52. The Morgan fingerprint density at radius 3 is 2.82 bits per heavy atom. The van der Waals surface area contributed by atoms with Crippen molar-refractivity contribution in [3.63, 3.8) is 0 Å². The fourth-order valence-electron chi connectivity index (χ4n) is 1.51. The van der Waals surface area contributed by atoms with Gasteiger partial charge in [-0.1, -0.05) is 30.3 Å². The van der Waals surface area contributed by atoms with Crippen molar-refractivity contribution < 1.29 is 5.11 Å². The second kappa shape index (κ2) is 5.91. The summed E-state index contributed by atoms with van der Waals surface area (Å²) in [5.41, 5.74) is 2.17. The molecule has 0 fully saturated rings. The summed E-state index contributed by atoms with van der Waals surface area (Å²) >= 11 is 1.65. The minimum Gasteiger partial charge on any atom is -0.392 e. The molecule has 90 valence electrons. The van der Waals surface area contributed by atoms with Gasteiger partial charge in [0.1, 0.15) is 5.01 Å². The maximum Gasteiger partial charge on any atom is 0.123 e. The van der Waals surface area contributed by atoms with E-state index in [1.165, 1.54) is 0 Å². The van der Waals surface area contributed by atoms with Crippen molar-refractivity contribution in [2.24, 2.45) is 0 Å². The van der Waals surface area contributed by atoms with Crippen molar-refractivity contribution in [1.29, 1.82) is 0 Å². The Morgan fingerprint density at radius 1 is 1.35 bits per heavy atom. The van der Waals surface area contributed by atoms with Crippen LogP contribution in [0.5, 0.6) is 0 Å². The summed E-state index contributed by atoms with van der Waals surface area (Å²) in [7, 11) is 0. The predicted molar refractivity (Wildman–Crippen MR) is 70.9 cm³/mol. The van der Waals surface area contributed by atoms with Gasteiger partial charge in [-0.25, -0.2) is 4.98 Å². The molecule has 1 aromatic heterocycles. The van der Waals surface area contributed by atoms with Gasteiger partial charge in [-0.2, -0.15) is 0 Å². The minimum absolute atomic E-state index is 0.317. The van der Waals surface area contributed by atoms with Crippen molar-refractivity contribution in [1.82, 2.24) is 10.3 Å². The Balaban J connectivity index is 1.97. The van der Waals surface area contributed by atoms with E-state index >= 15 is 0 Å². The summed E-state index contributed by atoms with van der Waals surface area (Å²) in [6.07, 6.45) is -0.317. The molecule has 4 heteroatoms. The Bertz CT molecular complexity index is 453. The topological polar surface area (TPSA) is 45.1 Å². The van der Waals surface area contributed by atoms with Gasteiger partial charge in [0.05, 0.1) is 11.8 Å². The number of thiazole rings is 1. The van der Waals surface area contributed by atoms with Crippen LogP contribution in [0.25, 0.3) is 10.6 Å². The van der Waals surface area contributed by atoms with E-state index in [9.17, 15) is 0 Å². The second-order valence-corrected chi connectivity index (χ2v) is 4.85. The van der Waals surface area contributed by atoms with Gasteiger partial charge in [0.15, 0.2) is 0 Å². The molecule has 2 aromatic rings. The summed E-state index contributed by atoms with van der Waals surface area (Å²) in [6, 6.07) is 10.2. The summed E-state index contributed by atoms with van der Waals surface area (Å²) in [5.74, 6) is 0. The van der Waals surface area contributed by atoms with Crippen LogP contribution < -0.4 is 5.32 Å². The summed E-state index contributed by atoms with van der Waals surface area (Å²) < 4.78 is 0. The van der Waals surface area contributed by atoms with E-state index < -0.39 is 0 Å². The van der Waals surface area contributed by atoms with Crippen LogP contribution in [0.2, 0.25) is 0 Å². The van der Waals surface area contributed by atoms with E-state index in [0.717, 1.165) is 16.3 Å². The number of benzene rings is 1. The average molecular weight is 248 g/mol. The van der Waals surface area contributed by atoms with Crippen LogP contribution in [-0.4, -0.2) is 22.7 Å². The lowest BCUT2D eigenvalue weighted by Crippen LogP contribution is -2.23. The van der Waals surface area contributed by atoms with Crippen LogP contribution in [0.15, 0.2) is 35.7 Å². The van der Waals surface area contributed by atoms with Gasteiger partial charge in [0, 0.05) is 24.0 Å². The third-order valence-corrected chi connectivity index (χ3v) is 3.26. The van der Waals surface area contributed by atoms with Gasteiger partial charge in [-0.3, -0.25) is 0 Å². The predicted octanol–water partition coefficient (Wildman–Crippen LogP) is 2.28. The molecular formula is C13H16N2OS.